The maximum Gasteiger partial charge on any atom is 0.128 e. The highest BCUT2D eigenvalue weighted by atomic mass is 15.2. The molecule has 0 bridgehead atoms. The Bertz CT molecular complexity index is 436. The molecule has 0 spiro atoms. The number of pyridine rings is 1. The molecule has 2 unspecified atom stereocenters. The smallest absolute Gasteiger partial charge is 0.128 e. The van der Waals surface area contributed by atoms with E-state index in [1.54, 1.807) is 6.20 Å². The zero-order valence-corrected chi connectivity index (χ0v) is 13.5. The minimum atomic E-state index is 0.226. The molecule has 1 aliphatic heterocycles. The summed E-state index contributed by atoms with van der Waals surface area (Å²) in [6.07, 6.45) is 4.09. The van der Waals surface area contributed by atoms with Gasteiger partial charge in [0, 0.05) is 24.3 Å². The molecule has 2 rings (SSSR count). The number of rotatable bonds is 5. The summed E-state index contributed by atoms with van der Waals surface area (Å²) in [6.45, 7) is 6.52. The van der Waals surface area contributed by atoms with Crippen molar-refractivity contribution in [3.05, 3.63) is 23.9 Å². The first-order chi connectivity index (χ1) is 10.1. The molecule has 3 N–H and O–H groups in total. The number of nitrogens with one attached hydrogen (secondary N) is 1. The van der Waals surface area contributed by atoms with E-state index in [1.165, 1.54) is 6.42 Å². The number of nitrogens with zero attached hydrogens (tertiary/aromatic N) is 3. The Morgan fingerprint density at radius 2 is 2.24 bits per heavy atom. The van der Waals surface area contributed by atoms with E-state index in [0.29, 0.717) is 11.9 Å². The van der Waals surface area contributed by atoms with Crippen LogP contribution in [0, 0.1) is 0 Å². The van der Waals surface area contributed by atoms with Crippen molar-refractivity contribution in [2.24, 2.45) is 0 Å². The van der Waals surface area contributed by atoms with Crippen LogP contribution in [0.4, 0.5) is 5.82 Å². The van der Waals surface area contributed by atoms with Crippen molar-refractivity contribution in [2.45, 2.75) is 31.8 Å². The van der Waals surface area contributed by atoms with Gasteiger partial charge in [-0.3, -0.25) is 0 Å². The molecule has 21 heavy (non-hydrogen) atoms. The van der Waals surface area contributed by atoms with Crippen LogP contribution in [0.1, 0.15) is 31.4 Å². The fourth-order valence-electron chi connectivity index (χ4n) is 3.11. The SMILES string of the molecule is CCCNC(c1cccnc1N)C1CN(C)CCCN1C. The van der Waals surface area contributed by atoms with Crippen LogP contribution >= 0.6 is 0 Å². The molecule has 1 fully saturated rings. The molecule has 0 aromatic carbocycles. The summed E-state index contributed by atoms with van der Waals surface area (Å²) >= 11 is 0. The van der Waals surface area contributed by atoms with Gasteiger partial charge in [0.25, 0.3) is 0 Å². The minimum absolute atomic E-state index is 0.226. The lowest BCUT2D eigenvalue weighted by molar-refractivity contribution is 0.178. The number of anilines is 1. The average molecular weight is 291 g/mol. The Hall–Kier alpha value is -1.17. The molecular formula is C16H29N5. The number of likely N-dealkylation sites (N-methyl/N-ethyl adjacent to an activating group) is 2. The highest BCUT2D eigenvalue weighted by Crippen LogP contribution is 2.26. The van der Waals surface area contributed by atoms with E-state index in [4.69, 9.17) is 5.73 Å². The Kier molecular flexibility index (Phi) is 5.96. The van der Waals surface area contributed by atoms with Gasteiger partial charge in [-0.25, -0.2) is 4.98 Å². The number of aromatic nitrogens is 1. The van der Waals surface area contributed by atoms with Crippen molar-refractivity contribution in [3.63, 3.8) is 0 Å². The molecule has 1 aliphatic rings. The summed E-state index contributed by atoms with van der Waals surface area (Å²) in [4.78, 5) is 9.16. The quantitative estimate of drug-likeness (QED) is 0.857. The van der Waals surface area contributed by atoms with Crippen molar-refractivity contribution in [3.8, 4) is 0 Å². The van der Waals surface area contributed by atoms with Crippen LogP contribution in [0.2, 0.25) is 0 Å². The first-order valence-electron chi connectivity index (χ1n) is 7.96. The molecule has 0 aliphatic carbocycles. The Morgan fingerprint density at radius 1 is 1.43 bits per heavy atom. The highest BCUT2D eigenvalue weighted by molar-refractivity contribution is 5.41. The van der Waals surface area contributed by atoms with Gasteiger partial charge in [0.1, 0.15) is 5.82 Å². The third-order valence-electron chi connectivity index (χ3n) is 4.32. The monoisotopic (exact) mass is 291 g/mol. The van der Waals surface area contributed by atoms with E-state index in [-0.39, 0.29) is 6.04 Å². The molecule has 1 saturated heterocycles. The van der Waals surface area contributed by atoms with Crippen LogP contribution in [0.25, 0.3) is 0 Å². The maximum atomic E-state index is 6.14. The average Bonchev–Trinajstić information content (AvgIpc) is 2.63. The van der Waals surface area contributed by atoms with Crippen LogP contribution in [0.5, 0.6) is 0 Å². The lowest BCUT2D eigenvalue weighted by Gasteiger charge is -2.35. The standard InChI is InChI=1S/C16H29N5/c1-4-8-18-15(13-7-5-9-19-16(13)17)14-12-20(2)10-6-11-21(14)3/h5,7,9,14-15,18H,4,6,8,10-12H2,1-3H3,(H2,17,19). The van der Waals surface area contributed by atoms with Gasteiger partial charge >= 0.3 is 0 Å². The van der Waals surface area contributed by atoms with E-state index in [0.717, 1.165) is 38.2 Å². The second-order valence-electron chi connectivity index (χ2n) is 6.07. The van der Waals surface area contributed by atoms with Gasteiger partial charge in [-0.1, -0.05) is 13.0 Å². The first-order valence-corrected chi connectivity index (χ1v) is 7.96. The van der Waals surface area contributed by atoms with Crippen LogP contribution in [0.3, 0.4) is 0 Å². The van der Waals surface area contributed by atoms with E-state index >= 15 is 0 Å². The summed E-state index contributed by atoms with van der Waals surface area (Å²) < 4.78 is 0. The highest BCUT2D eigenvalue weighted by Gasteiger charge is 2.30. The van der Waals surface area contributed by atoms with Gasteiger partial charge < -0.3 is 20.9 Å². The molecule has 5 heteroatoms. The summed E-state index contributed by atoms with van der Waals surface area (Å²) in [6, 6.07) is 4.72. The van der Waals surface area contributed by atoms with Crippen molar-refractivity contribution < 1.29 is 0 Å². The van der Waals surface area contributed by atoms with Crippen LogP contribution in [-0.4, -0.2) is 61.1 Å². The lowest BCUT2D eigenvalue weighted by atomic mass is 9.98. The van der Waals surface area contributed by atoms with Gasteiger partial charge in [-0.05, 0) is 52.6 Å². The molecule has 2 heterocycles. The van der Waals surface area contributed by atoms with Gasteiger partial charge in [-0.2, -0.15) is 0 Å². The maximum absolute atomic E-state index is 6.14. The molecule has 2 atom stereocenters. The lowest BCUT2D eigenvalue weighted by Crippen LogP contribution is -2.47. The van der Waals surface area contributed by atoms with E-state index in [9.17, 15) is 0 Å². The first kappa shape index (κ1) is 16.2. The molecule has 1 aromatic heterocycles. The number of hydrogen-bond acceptors (Lipinski definition) is 5. The molecule has 0 amide bonds. The zero-order valence-electron chi connectivity index (χ0n) is 13.5. The predicted octanol–water partition coefficient (Wildman–Crippen LogP) is 1.34. The molecule has 0 saturated carbocycles. The fraction of sp³-hybridized carbons (Fsp3) is 0.688. The number of nitrogen functional groups attached to an aromatic ring is 1. The van der Waals surface area contributed by atoms with E-state index < -0.39 is 0 Å². The van der Waals surface area contributed by atoms with E-state index in [1.807, 2.05) is 6.07 Å². The molecule has 0 radical (unpaired) electrons. The second kappa shape index (κ2) is 7.73. The topological polar surface area (TPSA) is 57.4 Å². The third-order valence-corrected chi connectivity index (χ3v) is 4.32. The van der Waals surface area contributed by atoms with Crippen LogP contribution < -0.4 is 11.1 Å². The van der Waals surface area contributed by atoms with Crippen molar-refractivity contribution in [2.75, 3.05) is 46.0 Å². The normalized spacial score (nSPS) is 22.9. The summed E-state index contributed by atoms with van der Waals surface area (Å²) in [5, 5.41) is 3.69. The van der Waals surface area contributed by atoms with Crippen molar-refractivity contribution >= 4 is 5.82 Å². The van der Waals surface area contributed by atoms with Gasteiger partial charge in [-0.15, -0.1) is 0 Å². The molecule has 5 nitrogen and oxygen atoms in total. The van der Waals surface area contributed by atoms with E-state index in [2.05, 4.69) is 47.2 Å². The third kappa shape index (κ3) is 4.15. The van der Waals surface area contributed by atoms with Crippen molar-refractivity contribution in [1.29, 1.82) is 0 Å². The second-order valence-corrected chi connectivity index (χ2v) is 6.07. The van der Waals surface area contributed by atoms with Crippen LogP contribution in [0.15, 0.2) is 18.3 Å². The van der Waals surface area contributed by atoms with Crippen molar-refractivity contribution in [1.82, 2.24) is 20.1 Å². The Balaban J connectivity index is 2.27. The Labute approximate surface area is 128 Å². The molecular weight excluding hydrogens is 262 g/mol. The summed E-state index contributed by atoms with van der Waals surface area (Å²) in [5.74, 6) is 0.645. The number of nitrogens with two attached hydrogens (primary N) is 1. The zero-order chi connectivity index (χ0) is 15.2. The van der Waals surface area contributed by atoms with Gasteiger partial charge in [0.15, 0.2) is 0 Å². The van der Waals surface area contributed by atoms with Gasteiger partial charge in [0.2, 0.25) is 0 Å². The summed E-state index contributed by atoms with van der Waals surface area (Å²) in [7, 11) is 4.42. The largest absolute Gasteiger partial charge is 0.383 e. The minimum Gasteiger partial charge on any atom is -0.383 e. The fourth-order valence-corrected chi connectivity index (χ4v) is 3.11. The number of hydrogen-bond donors (Lipinski definition) is 2. The molecule has 118 valence electrons. The Morgan fingerprint density at radius 3 is 2.95 bits per heavy atom. The van der Waals surface area contributed by atoms with Crippen LogP contribution in [-0.2, 0) is 0 Å². The molecule has 1 aromatic rings. The summed E-state index contributed by atoms with van der Waals surface area (Å²) in [5.41, 5.74) is 7.26. The van der Waals surface area contributed by atoms with Gasteiger partial charge in [0.05, 0.1) is 6.04 Å². The predicted molar refractivity (Wildman–Crippen MR) is 88.2 cm³/mol.